The topological polar surface area (TPSA) is 82.5 Å². The molecule has 0 bridgehead atoms. The summed E-state index contributed by atoms with van der Waals surface area (Å²) in [5, 5.41) is 9.39. The van der Waals surface area contributed by atoms with Gasteiger partial charge in [0.1, 0.15) is 23.0 Å². The molecular formula is C11H16N6S. The SMILES string of the molecule is Cn1cnnc1Sc1cc(N)nc(C(C)(C)C)n1. The van der Waals surface area contributed by atoms with E-state index in [1.54, 1.807) is 12.4 Å². The maximum absolute atomic E-state index is 5.82. The van der Waals surface area contributed by atoms with E-state index in [4.69, 9.17) is 5.73 Å². The highest BCUT2D eigenvalue weighted by atomic mass is 32.2. The number of rotatable bonds is 2. The highest BCUT2D eigenvalue weighted by Gasteiger charge is 2.19. The van der Waals surface area contributed by atoms with Crippen LogP contribution in [0.2, 0.25) is 0 Å². The van der Waals surface area contributed by atoms with Crippen molar-refractivity contribution in [2.45, 2.75) is 36.4 Å². The first-order valence-corrected chi connectivity index (χ1v) is 6.35. The lowest BCUT2D eigenvalue weighted by atomic mass is 9.96. The van der Waals surface area contributed by atoms with Crippen molar-refractivity contribution < 1.29 is 0 Å². The number of nitrogens with zero attached hydrogens (tertiary/aromatic N) is 5. The van der Waals surface area contributed by atoms with Crippen molar-refractivity contribution >= 4 is 17.6 Å². The van der Waals surface area contributed by atoms with Gasteiger partial charge in [0.05, 0.1) is 0 Å². The molecule has 0 aliphatic heterocycles. The zero-order valence-electron chi connectivity index (χ0n) is 10.9. The van der Waals surface area contributed by atoms with Gasteiger partial charge >= 0.3 is 0 Å². The Balaban J connectivity index is 2.35. The molecule has 2 aromatic rings. The van der Waals surface area contributed by atoms with Gasteiger partial charge in [0, 0.05) is 18.5 Å². The molecule has 0 atom stereocenters. The van der Waals surface area contributed by atoms with Crippen LogP contribution in [0.4, 0.5) is 5.82 Å². The highest BCUT2D eigenvalue weighted by molar-refractivity contribution is 7.99. The van der Waals surface area contributed by atoms with Crippen molar-refractivity contribution in [3.63, 3.8) is 0 Å². The Kier molecular flexibility index (Phi) is 3.25. The van der Waals surface area contributed by atoms with Crippen LogP contribution >= 0.6 is 11.8 Å². The highest BCUT2D eigenvalue weighted by Crippen LogP contribution is 2.27. The third-order valence-corrected chi connectivity index (χ3v) is 3.23. The lowest BCUT2D eigenvalue weighted by molar-refractivity contribution is 0.539. The number of nitrogens with two attached hydrogens (primary N) is 1. The Morgan fingerprint density at radius 3 is 2.56 bits per heavy atom. The van der Waals surface area contributed by atoms with Crippen molar-refractivity contribution in [1.29, 1.82) is 0 Å². The summed E-state index contributed by atoms with van der Waals surface area (Å²) in [5.74, 6) is 1.20. The van der Waals surface area contributed by atoms with Crippen LogP contribution < -0.4 is 5.73 Å². The lowest BCUT2D eigenvalue weighted by Gasteiger charge is -2.17. The molecule has 18 heavy (non-hydrogen) atoms. The molecule has 0 saturated heterocycles. The first-order valence-electron chi connectivity index (χ1n) is 5.53. The van der Waals surface area contributed by atoms with Crippen LogP contribution in [0.3, 0.4) is 0 Å². The summed E-state index contributed by atoms with van der Waals surface area (Å²) >= 11 is 1.42. The molecule has 6 nitrogen and oxygen atoms in total. The zero-order valence-corrected chi connectivity index (χ0v) is 11.7. The van der Waals surface area contributed by atoms with Gasteiger partial charge in [-0.15, -0.1) is 10.2 Å². The summed E-state index contributed by atoms with van der Waals surface area (Å²) in [7, 11) is 1.89. The van der Waals surface area contributed by atoms with Crippen LogP contribution in [0.15, 0.2) is 22.6 Å². The fourth-order valence-electron chi connectivity index (χ4n) is 1.29. The summed E-state index contributed by atoms with van der Waals surface area (Å²) in [6.45, 7) is 6.16. The molecule has 2 aromatic heterocycles. The third-order valence-electron chi connectivity index (χ3n) is 2.26. The summed E-state index contributed by atoms with van der Waals surface area (Å²) in [6.07, 6.45) is 1.65. The molecule has 2 heterocycles. The lowest BCUT2D eigenvalue weighted by Crippen LogP contribution is -2.17. The first-order chi connectivity index (χ1) is 8.36. The molecule has 0 aliphatic carbocycles. The van der Waals surface area contributed by atoms with Gasteiger partial charge in [0.2, 0.25) is 0 Å². The van der Waals surface area contributed by atoms with Crippen LogP contribution in [0, 0.1) is 0 Å². The Bertz CT molecular complexity index is 557. The largest absolute Gasteiger partial charge is 0.384 e. The minimum absolute atomic E-state index is 0.134. The van der Waals surface area contributed by atoms with E-state index in [2.05, 4.69) is 40.9 Å². The van der Waals surface area contributed by atoms with Gasteiger partial charge in [0.25, 0.3) is 0 Å². The van der Waals surface area contributed by atoms with Crippen molar-refractivity contribution in [2.75, 3.05) is 5.73 Å². The molecule has 7 heteroatoms. The second-order valence-corrected chi connectivity index (χ2v) is 6.02. The molecular weight excluding hydrogens is 248 g/mol. The molecule has 96 valence electrons. The maximum Gasteiger partial charge on any atom is 0.197 e. The quantitative estimate of drug-likeness (QED) is 0.830. The van der Waals surface area contributed by atoms with E-state index in [1.165, 1.54) is 11.8 Å². The van der Waals surface area contributed by atoms with E-state index in [0.717, 1.165) is 16.0 Å². The van der Waals surface area contributed by atoms with Gasteiger partial charge in [0.15, 0.2) is 5.16 Å². The zero-order chi connectivity index (χ0) is 13.3. The van der Waals surface area contributed by atoms with E-state index in [9.17, 15) is 0 Å². The number of nitrogen functional groups attached to an aromatic ring is 1. The minimum atomic E-state index is -0.134. The monoisotopic (exact) mass is 264 g/mol. The maximum atomic E-state index is 5.82. The van der Waals surface area contributed by atoms with Crippen molar-refractivity contribution in [3.8, 4) is 0 Å². The predicted molar refractivity (Wildman–Crippen MR) is 70.3 cm³/mol. The van der Waals surface area contributed by atoms with Crippen LogP contribution in [-0.2, 0) is 12.5 Å². The summed E-state index contributed by atoms with van der Waals surface area (Å²) in [4.78, 5) is 8.78. The predicted octanol–water partition coefficient (Wildman–Crippen LogP) is 1.64. The van der Waals surface area contributed by atoms with E-state index < -0.39 is 0 Å². The van der Waals surface area contributed by atoms with E-state index in [1.807, 2.05) is 11.6 Å². The fourth-order valence-corrected chi connectivity index (χ4v) is 2.07. The smallest absolute Gasteiger partial charge is 0.197 e. The van der Waals surface area contributed by atoms with E-state index in [-0.39, 0.29) is 5.41 Å². The van der Waals surface area contributed by atoms with Crippen LogP contribution in [0.5, 0.6) is 0 Å². The molecule has 0 aromatic carbocycles. The van der Waals surface area contributed by atoms with Crippen LogP contribution in [-0.4, -0.2) is 24.7 Å². The summed E-state index contributed by atoms with van der Waals surface area (Å²) < 4.78 is 1.83. The average Bonchev–Trinajstić information content (AvgIpc) is 2.62. The number of anilines is 1. The second kappa shape index (κ2) is 4.56. The summed E-state index contributed by atoms with van der Waals surface area (Å²) in [6, 6.07) is 1.74. The van der Waals surface area contributed by atoms with Gasteiger partial charge < -0.3 is 10.3 Å². The average molecular weight is 264 g/mol. The van der Waals surface area contributed by atoms with Gasteiger partial charge in [-0.1, -0.05) is 20.8 Å². The molecule has 0 amide bonds. The van der Waals surface area contributed by atoms with Crippen molar-refractivity contribution in [1.82, 2.24) is 24.7 Å². The number of aromatic nitrogens is 5. The van der Waals surface area contributed by atoms with Crippen molar-refractivity contribution in [3.05, 3.63) is 18.2 Å². The molecule has 0 aliphatic rings. The third kappa shape index (κ3) is 2.79. The molecule has 0 fully saturated rings. The van der Waals surface area contributed by atoms with E-state index >= 15 is 0 Å². The Labute approximate surface area is 110 Å². The molecule has 2 N–H and O–H groups in total. The van der Waals surface area contributed by atoms with Crippen molar-refractivity contribution in [2.24, 2.45) is 7.05 Å². The van der Waals surface area contributed by atoms with Gasteiger partial charge in [-0.05, 0) is 11.8 Å². The Morgan fingerprint density at radius 2 is 2.00 bits per heavy atom. The minimum Gasteiger partial charge on any atom is -0.384 e. The van der Waals surface area contributed by atoms with Crippen LogP contribution in [0.1, 0.15) is 26.6 Å². The second-order valence-electron chi connectivity index (χ2n) is 5.03. The van der Waals surface area contributed by atoms with E-state index in [0.29, 0.717) is 5.82 Å². The molecule has 0 unspecified atom stereocenters. The van der Waals surface area contributed by atoms with Gasteiger partial charge in [-0.3, -0.25) is 0 Å². The summed E-state index contributed by atoms with van der Waals surface area (Å²) in [5.41, 5.74) is 5.68. The Hall–Kier alpha value is -1.63. The Morgan fingerprint density at radius 1 is 1.28 bits per heavy atom. The van der Waals surface area contributed by atoms with Crippen LogP contribution in [0.25, 0.3) is 0 Å². The number of hydrogen-bond acceptors (Lipinski definition) is 6. The molecule has 0 spiro atoms. The molecule has 0 radical (unpaired) electrons. The van der Waals surface area contributed by atoms with Gasteiger partial charge in [-0.2, -0.15) is 0 Å². The van der Waals surface area contributed by atoms with Gasteiger partial charge in [-0.25, -0.2) is 9.97 Å². The fraction of sp³-hybridized carbons (Fsp3) is 0.455. The molecule has 2 rings (SSSR count). The standard InChI is InChI=1S/C11H16N6S/c1-11(2,3)9-14-7(12)5-8(15-9)18-10-16-13-6-17(10)4/h5-6H,1-4H3,(H2,12,14,15). The normalized spacial score (nSPS) is 11.8. The number of aryl methyl sites for hydroxylation is 1. The first kappa shape index (κ1) is 12.8. The number of hydrogen-bond donors (Lipinski definition) is 1. The molecule has 0 saturated carbocycles.